The van der Waals surface area contributed by atoms with Crippen molar-refractivity contribution < 1.29 is 9.53 Å². The summed E-state index contributed by atoms with van der Waals surface area (Å²) in [5.74, 6) is -0.345. The monoisotopic (exact) mass is 230 g/mol. The molecule has 0 aliphatic carbocycles. The Morgan fingerprint density at radius 3 is 2.71 bits per heavy atom. The van der Waals surface area contributed by atoms with Gasteiger partial charge in [0, 0.05) is 12.1 Å². The highest BCUT2D eigenvalue weighted by molar-refractivity contribution is 5.91. The van der Waals surface area contributed by atoms with Crippen molar-refractivity contribution in [1.82, 2.24) is 10.2 Å². The van der Waals surface area contributed by atoms with Crippen LogP contribution in [0.25, 0.3) is 0 Å². The molecule has 88 valence electrons. The van der Waals surface area contributed by atoms with Crippen LogP contribution in [0.15, 0.2) is 30.3 Å². The second kappa shape index (κ2) is 4.82. The zero-order valence-corrected chi connectivity index (χ0v) is 9.86. The lowest BCUT2D eigenvalue weighted by atomic mass is 10.1. The van der Waals surface area contributed by atoms with Gasteiger partial charge in [-0.25, -0.2) is 4.79 Å². The van der Waals surface area contributed by atoms with E-state index in [9.17, 15) is 4.79 Å². The van der Waals surface area contributed by atoms with Gasteiger partial charge in [-0.05, 0) is 12.5 Å². The number of aromatic nitrogens is 2. The van der Waals surface area contributed by atoms with Crippen molar-refractivity contribution in [3.8, 4) is 0 Å². The normalized spacial score (nSPS) is 10.2. The first-order chi connectivity index (χ1) is 8.22. The van der Waals surface area contributed by atoms with Crippen molar-refractivity contribution in [3.05, 3.63) is 52.8 Å². The molecule has 2 aromatic rings. The second-order valence-electron chi connectivity index (χ2n) is 3.82. The predicted octanol–water partition coefficient (Wildman–Crippen LogP) is 2.10. The topological polar surface area (TPSA) is 55.0 Å². The molecule has 1 aromatic heterocycles. The standard InChI is InChI=1S/C13H14N2O2/c1-9-12(13(16)17-2)11(15-14-9)8-10-6-4-3-5-7-10/h3-7H,8H2,1-2H3,(H,14,15). The molecule has 2 rings (SSSR count). The number of hydrogen-bond donors (Lipinski definition) is 1. The number of rotatable bonds is 3. The quantitative estimate of drug-likeness (QED) is 0.821. The Kier molecular flexibility index (Phi) is 3.23. The summed E-state index contributed by atoms with van der Waals surface area (Å²) in [4.78, 5) is 11.6. The Balaban J connectivity index is 2.31. The number of esters is 1. The Labute approximate surface area is 99.6 Å². The second-order valence-corrected chi connectivity index (χ2v) is 3.82. The lowest BCUT2D eigenvalue weighted by Gasteiger charge is -2.02. The van der Waals surface area contributed by atoms with Gasteiger partial charge in [0.25, 0.3) is 0 Å². The number of methoxy groups -OCH3 is 1. The summed E-state index contributed by atoms with van der Waals surface area (Å²) in [6.07, 6.45) is 0.621. The van der Waals surface area contributed by atoms with Crippen LogP contribution in [0.3, 0.4) is 0 Å². The molecule has 0 aliphatic rings. The Morgan fingerprint density at radius 2 is 2.06 bits per heavy atom. The number of hydrogen-bond acceptors (Lipinski definition) is 3. The summed E-state index contributed by atoms with van der Waals surface area (Å²) in [6.45, 7) is 1.81. The van der Waals surface area contributed by atoms with Crippen molar-refractivity contribution in [1.29, 1.82) is 0 Å². The largest absolute Gasteiger partial charge is 0.465 e. The average Bonchev–Trinajstić information content (AvgIpc) is 2.71. The van der Waals surface area contributed by atoms with E-state index in [2.05, 4.69) is 10.2 Å². The van der Waals surface area contributed by atoms with Crippen molar-refractivity contribution in [2.24, 2.45) is 0 Å². The SMILES string of the molecule is COC(=O)c1c(Cc2ccccc2)n[nH]c1C. The smallest absolute Gasteiger partial charge is 0.341 e. The molecule has 17 heavy (non-hydrogen) atoms. The van der Waals surface area contributed by atoms with Gasteiger partial charge in [-0.3, -0.25) is 5.10 Å². The zero-order valence-electron chi connectivity index (χ0n) is 9.86. The van der Waals surface area contributed by atoms with Crippen molar-refractivity contribution in [2.75, 3.05) is 7.11 Å². The summed E-state index contributed by atoms with van der Waals surface area (Å²) in [6, 6.07) is 9.90. The first kappa shape index (κ1) is 11.4. The third-order valence-electron chi connectivity index (χ3n) is 2.63. The van der Waals surface area contributed by atoms with Crippen LogP contribution < -0.4 is 0 Å². The molecule has 0 atom stereocenters. The highest BCUT2D eigenvalue weighted by Gasteiger charge is 2.18. The molecular weight excluding hydrogens is 216 g/mol. The molecule has 0 aliphatic heterocycles. The van der Waals surface area contributed by atoms with Gasteiger partial charge in [-0.1, -0.05) is 30.3 Å². The van der Waals surface area contributed by atoms with Gasteiger partial charge in [0.05, 0.1) is 12.8 Å². The summed E-state index contributed by atoms with van der Waals surface area (Å²) in [5.41, 5.74) is 3.11. The molecule has 1 aromatic carbocycles. The fourth-order valence-electron chi connectivity index (χ4n) is 1.77. The van der Waals surface area contributed by atoms with Gasteiger partial charge in [0.15, 0.2) is 0 Å². The summed E-state index contributed by atoms with van der Waals surface area (Å²) >= 11 is 0. The maximum absolute atomic E-state index is 11.6. The van der Waals surface area contributed by atoms with Crippen LogP contribution in [0.1, 0.15) is 27.3 Å². The number of carbonyl (C=O) groups is 1. The van der Waals surface area contributed by atoms with E-state index >= 15 is 0 Å². The van der Waals surface area contributed by atoms with Crippen LogP contribution in [0.2, 0.25) is 0 Å². The van der Waals surface area contributed by atoms with E-state index in [4.69, 9.17) is 4.74 Å². The van der Waals surface area contributed by atoms with Gasteiger partial charge < -0.3 is 4.74 Å². The van der Waals surface area contributed by atoms with Gasteiger partial charge in [0.2, 0.25) is 0 Å². The Morgan fingerprint density at radius 1 is 1.35 bits per heavy atom. The van der Waals surface area contributed by atoms with Gasteiger partial charge in [0.1, 0.15) is 5.56 Å². The summed E-state index contributed by atoms with van der Waals surface area (Å²) < 4.78 is 4.75. The molecule has 0 radical (unpaired) electrons. The molecule has 0 fully saturated rings. The maximum Gasteiger partial charge on any atom is 0.341 e. The molecule has 0 saturated heterocycles. The molecule has 0 spiro atoms. The fourth-order valence-corrected chi connectivity index (χ4v) is 1.77. The Bertz CT molecular complexity index is 517. The molecule has 0 bridgehead atoms. The highest BCUT2D eigenvalue weighted by atomic mass is 16.5. The lowest BCUT2D eigenvalue weighted by Crippen LogP contribution is -2.06. The molecule has 1 N–H and O–H groups in total. The minimum absolute atomic E-state index is 0.345. The van der Waals surface area contributed by atoms with E-state index in [0.29, 0.717) is 12.0 Å². The van der Waals surface area contributed by atoms with Crippen LogP contribution in [-0.4, -0.2) is 23.3 Å². The van der Waals surface area contributed by atoms with Gasteiger partial charge >= 0.3 is 5.97 Å². The molecule has 0 unspecified atom stereocenters. The average molecular weight is 230 g/mol. The summed E-state index contributed by atoms with van der Waals surface area (Å²) in [5, 5.41) is 6.98. The lowest BCUT2D eigenvalue weighted by molar-refractivity contribution is 0.0599. The number of aryl methyl sites for hydroxylation is 1. The predicted molar refractivity (Wildman–Crippen MR) is 63.9 cm³/mol. The molecule has 0 amide bonds. The number of aromatic amines is 1. The third-order valence-corrected chi connectivity index (χ3v) is 2.63. The number of nitrogens with one attached hydrogen (secondary N) is 1. The maximum atomic E-state index is 11.6. The number of nitrogens with zero attached hydrogens (tertiary/aromatic N) is 1. The van der Waals surface area contributed by atoms with Crippen molar-refractivity contribution in [2.45, 2.75) is 13.3 Å². The molecule has 4 heteroatoms. The first-order valence-electron chi connectivity index (χ1n) is 5.38. The zero-order chi connectivity index (χ0) is 12.3. The van der Waals surface area contributed by atoms with Crippen LogP contribution in [0.4, 0.5) is 0 Å². The third kappa shape index (κ3) is 2.36. The van der Waals surface area contributed by atoms with Crippen molar-refractivity contribution >= 4 is 5.97 Å². The first-order valence-corrected chi connectivity index (χ1v) is 5.38. The van der Waals surface area contributed by atoms with Gasteiger partial charge in [-0.2, -0.15) is 5.10 Å². The molecular formula is C13H14N2O2. The van der Waals surface area contributed by atoms with E-state index in [0.717, 1.165) is 17.0 Å². The number of ether oxygens (including phenoxy) is 1. The number of H-pyrrole nitrogens is 1. The van der Waals surface area contributed by atoms with E-state index in [1.54, 1.807) is 0 Å². The van der Waals surface area contributed by atoms with Crippen LogP contribution >= 0.6 is 0 Å². The Hall–Kier alpha value is -2.10. The van der Waals surface area contributed by atoms with Crippen LogP contribution in [-0.2, 0) is 11.2 Å². The minimum Gasteiger partial charge on any atom is -0.465 e. The number of benzene rings is 1. The highest BCUT2D eigenvalue weighted by Crippen LogP contribution is 2.15. The number of carbonyl (C=O) groups excluding carboxylic acids is 1. The molecule has 1 heterocycles. The minimum atomic E-state index is -0.345. The van der Waals surface area contributed by atoms with Crippen LogP contribution in [0, 0.1) is 6.92 Å². The van der Waals surface area contributed by atoms with Crippen LogP contribution in [0.5, 0.6) is 0 Å². The van der Waals surface area contributed by atoms with E-state index in [1.807, 2.05) is 37.3 Å². The van der Waals surface area contributed by atoms with E-state index in [1.165, 1.54) is 7.11 Å². The van der Waals surface area contributed by atoms with Crippen molar-refractivity contribution in [3.63, 3.8) is 0 Å². The molecule has 0 saturated carbocycles. The summed E-state index contributed by atoms with van der Waals surface area (Å²) in [7, 11) is 1.38. The molecule has 4 nitrogen and oxygen atoms in total. The van der Waals surface area contributed by atoms with E-state index < -0.39 is 0 Å². The fraction of sp³-hybridized carbons (Fsp3) is 0.231. The van der Waals surface area contributed by atoms with Gasteiger partial charge in [-0.15, -0.1) is 0 Å². The van der Waals surface area contributed by atoms with E-state index in [-0.39, 0.29) is 5.97 Å².